The van der Waals surface area contributed by atoms with Crippen molar-refractivity contribution in [2.24, 2.45) is 0 Å². The number of thioether (sulfide) groups is 1. The van der Waals surface area contributed by atoms with E-state index in [0.717, 1.165) is 10.9 Å². The maximum atomic E-state index is 11.5. The first kappa shape index (κ1) is 13.5. The van der Waals surface area contributed by atoms with Crippen LogP contribution in [0.25, 0.3) is 22.2 Å². The summed E-state index contributed by atoms with van der Waals surface area (Å²) in [5.74, 6) is -1.07. The largest absolute Gasteiger partial charge is 0.476 e. The standard InChI is InChI=1S/C15H11N3O2S/c1-21-15-16-8-10-7-11(9-5-3-2-4-6-9)12(14(19)20)17-13(10)18-15/h2-8H,1H3,(H,19,20). The average Bonchev–Trinajstić information content (AvgIpc) is 2.53. The second-order valence-corrected chi connectivity index (χ2v) is 5.10. The number of rotatable bonds is 3. The van der Waals surface area contributed by atoms with E-state index in [0.29, 0.717) is 16.4 Å². The molecule has 0 aliphatic rings. The third-order valence-corrected chi connectivity index (χ3v) is 3.58. The van der Waals surface area contributed by atoms with E-state index in [2.05, 4.69) is 15.0 Å². The number of carboxylic acid groups (broad SMARTS) is 1. The fraction of sp³-hybridized carbons (Fsp3) is 0.0667. The highest BCUT2D eigenvalue weighted by atomic mass is 32.2. The predicted molar refractivity (Wildman–Crippen MR) is 81.5 cm³/mol. The molecule has 6 heteroatoms. The van der Waals surface area contributed by atoms with Gasteiger partial charge in [0.1, 0.15) is 0 Å². The summed E-state index contributed by atoms with van der Waals surface area (Å²) in [6.07, 6.45) is 3.52. The molecule has 2 heterocycles. The molecule has 3 aromatic rings. The van der Waals surface area contributed by atoms with Crippen molar-refractivity contribution in [3.63, 3.8) is 0 Å². The van der Waals surface area contributed by atoms with E-state index in [-0.39, 0.29) is 5.69 Å². The number of hydrogen-bond acceptors (Lipinski definition) is 5. The number of pyridine rings is 1. The number of carboxylic acids is 1. The fourth-order valence-corrected chi connectivity index (χ4v) is 2.38. The lowest BCUT2D eigenvalue weighted by Crippen LogP contribution is -2.05. The smallest absolute Gasteiger partial charge is 0.355 e. The highest BCUT2D eigenvalue weighted by Crippen LogP contribution is 2.26. The molecule has 0 saturated heterocycles. The van der Waals surface area contributed by atoms with Crippen LogP contribution in [0.1, 0.15) is 10.5 Å². The molecule has 0 unspecified atom stereocenters. The number of carbonyl (C=O) groups is 1. The predicted octanol–water partition coefficient (Wildman–Crippen LogP) is 3.11. The number of fused-ring (bicyclic) bond motifs is 1. The first-order valence-corrected chi connectivity index (χ1v) is 7.42. The molecule has 0 saturated carbocycles. The summed E-state index contributed by atoms with van der Waals surface area (Å²) in [5, 5.41) is 10.7. The first-order valence-electron chi connectivity index (χ1n) is 6.19. The van der Waals surface area contributed by atoms with Gasteiger partial charge in [-0.25, -0.2) is 19.7 Å². The van der Waals surface area contributed by atoms with Gasteiger partial charge in [-0.15, -0.1) is 0 Å². The molecule has 1 N–H and O–H groups in total. The minimum absolute atomic E-state index is 0.000506. The van der Waals surface area contributed by atoms with Gasteiger partial charge in [0.25, 0.3) is 0 Å². The molecular weight excluding hydrogens is 286 g/mol. The van der Waals surface area contributed by atoms with Gasteiger partial charge in [0.15, 0.2) is 16.5 Å². The molecule has 1 aromatic carbocycles. The molecule has 0 atom stereocenters. The van der Waals surface area contributed by atoms with Crippen molar-refractivity contribution in [3.8, 4) is 11.1 Å². The van der Waals surface area contributed by atoms with Gasteiger partial charge in [-0.2, -0.15) is 0 Å². The Morgan fingerprint density at radius 1 is 1.19 bits per heavy atom. The van der Waals surface area contributed by atoms with Gasteiger partial charge in [-0.3, -0.25) is 0 Å². The van der Waals surface area contributed by atoms with Crippen molar-refractivity contribution in [2.75, 3.05) is 6.26 Å². The Kier molecular flexibility index (Phi) is 3.53. The zero-order chi connectivity index (χ0) is 14.8. The zero-order valence-corrected chi connectivity index (χ0v) is 12.0. The van der Waals surface area contributed by atoms with E-state index in [1.54, 1.807) is 12.3 Å². The minimum Gasteiger partial charge on any atom is -0.476 e. The Labute approximate surface area is 125 Å². The normalized spacial score (nSPS) is 10.7. The molecule has 0 aliphatic carbocycles. The van der Waals surface area contributed by atoms with Gasteiger partial charge in [0.05, 0.1) is 0 Å². The van der Waals surface area contributed by atoms with Crippen molar-refractivity contribution in [2.45, 2.75) is 5.16 Å². The number of aromatic nitrogens is 3. The van der Waals surface area contributed by atoms with Crippen molar-refractivity contribution >= 4 is 28.8 Å². The van der Waals surface area contributed by atoms with E-state index < -0.39 is 5.97 Å². The number of aromatic carboxylic acids is 1. The quantitative estimate of drug-likeness (QED) is 0.591. The number of hydrogen-bond donors (Lipinski definition) is 1. The lowest BCUT2D eigenvalue weighted by Gasteiger charge is -2.07. The monoisotopic (exact) mass is 297 g/mol. The summed E-state index contributed by atoms with van der Waals surface area (Å²) >= 11 is 1.39. The molecule has 0 spiro atoms. The Morgan fingerprint density at radius 3 is 2.62 bits per heavy atom. The first-order chi connectivity index (χ1) is 10.2. The molecule has 5 nitrogen and oxygen atoms in total. The third-order valence-electron chi connectivity index (χ3n) is 3.02. The van der Waals surface area contributed by atoms with Crippen LogP contribution >= 0.6 is 11.8 Å². The van der Waals surface area contributed by atoms with Gasteiger partial charge in [0, 0.05) is 17.1 Å². The van der Waals surface area contributed by atoms with Crippen LogP contribution in [0.3, 0.4) is 0 Å². The molecule has 21 heavy (non-hydrogen) atoms. The van der Waals surface area contributed by atoms with Gasteiger partial charge in [-0.1, -0.05) is 42.1 Å². The van der Waals surface area contributed by atoms with Crippen molar-refractivity contribution in [1.82, 2.24) is 15.0 Å². The van der Waals surface area contributed by atoms with Gasteiger partial charge in [0.2, 0.25) is 0 Å². The number of benzene rings is 1. The number of nitrogens with zero attached hydrogens (tertiary/aromatic N) is 3. The molecular formula is C15H11N3O2S. The van der Waals surface area contributed by atoms with Gasteiger partial charge in [-0.05, 0) is 17.9 Å². The second-order valence-electron chi connectivity index (χ2n) is 4.33. The van der Waals surface area contributed by atoms with Crippen LogP contribution in [0.5, 0.6) is 0 Å². The SMILES string of the molecule is CSc1ncc2cc(-c3ccccc3)c(C(=O)O)nc2n1. The lowest BCUT2D eigenvalue weighted by atomic mass is 10.0. The molecule has 0 fully saturated rings. The topological polar surface area (TPSA) is 76.0 Å². The van der Waals surface area contributed by atoms with E-state index in [4.69, 9.17) is 0 Å². The lowest BCUT2D eigenvalue weighted by molar-refractivity contribution is 0.0692. The zero-order valence-electron chi connectivity index (χ0n) is 11.1. The molecule has 104 valence electrons. The molecule has 2 aromatic heterocycles. The van der Waals surface area contributed by atoms with E-state index in [9.17, 15) is 9.90 Å². The van der Waals surface area contributed by atoms with Crippen molar-refractivity contribution < 1.29 is 9.90 Å². The van der Waals surface area contributed by atoms with Gasteiger partial charge >= 0.3 is 5.97 Å². The van der Waals surface area contributed by atoms with E-state index in [1.807, 2.05) is 36.6 Å². The summed E-state index contributed by atoms with van der Waals surface area (Å²) < 4.78 is 0. The molecule has 0 aliphatic heterocycles. The van der Waals surface area contributed by atoms with Crippen molar-refractivity contribution in [1.29, 1.82) is 0 Å². The van der Waals surface area contributed by atoms with Crippen LogP contribution in [0, 0.1) is 0 Å². The van der Waals surface area contributed by atoms with Crippen LogP contribution in [-0.2, 0) is 0 Å². The summed E-state index contributed by atoms with van der Waals surface area (Å²) in [6.45, 7) is 0. The summed E-state index contributed by atoms with van der Waals surface area (Å²) in [7, 11) is 0. The molecule has 3 rings (SSSR count). The van der Waals surface area contributed by atoms with Crippen LogP contribution in [-0.4, -0.2) is 32.3 Å². The Hall–Kier alpha value is -2.47. The van der Waals surface area contributed by atoms with Crippen molar-refractivity contribution in [3.05, 3.63) is 48.3 Å². The summed E-state index contributed by atoms with van der Waals surface area (Å²) in [6, 6.07) is 11.1. The third kappa shape index (κ3) is 2.57. The summed E-state index contributed by atoms with van der Waals surface area (Å²) in [4.78, 5) is 24.1. The molecule has 0 radical (unpaired) electrons. The maximum absolute atomic E-state index is 11.5. The summed E-state index contributed by atoms with van der Waals surface area (Å²) in [5.41, 5.74) is 1.76. The highest BCUT2D eigenvalue weighted by Gasteiger charge is 2.16. The van der Waals surface area contributed by atoms with E-state index >= 15 is 0 Å². The van der Waals surface area contributed by atoms with Crippen LogP contribution in [0.2, 0.25) is 0 Å². The minimum atomic E-state index is -1.07. The highest BCUT2D eigenvalue weighted by molar-refractivity contribution is 7.98. The maximum Gasteiger partial charge on any atom is 0.355 e. The molecule has 0 bridgehead atoms. The fourth-order valence-electron chi connectivity index (χ4n) is 2.05. The van der Waals surface area contributed by atoms with Crippen LogP contribution < -0.4 is 0 Å². The Morgan fingerprint density at radius 2 is 1.95 bits per heavy atom. The Bertz CT molecular complexity index is 822. The molecule has 0 amide bonds. The average molecular weight is 297 g/mol. The van der Waals surface area contributed by atoms with Crippen LogP contribution in [0.4, 0.5) is 0 Å². The van der Waals surface area contributed by atoms with Crippen LogP contribution in [0.15, 0.2) is 47.8 Å². The Balaban J connectivity index is 2.28. The van der Waals surface area contributed by atoms with E-state index in [1.165, 1.54) is 11.8 Å². The second kappa shape index (κ2) is 5.49. The van der Waals surface area contributed by atoms with Gasteiger partial charge < -0.3 is 5.11 Å².